The lowest BCUT2D eigenvalue weighted by Crippen LogP contribution is -2.17. The summed E-state index contributed by atoms with van der Waals surface area (Å²) in [6, 6.07) is 8.88. The summed E-state index contributed by atoms with van der Waals surface area (Å²) < 4.78 is 0. The van der Waals surface area contributed by atoms with Crippen molar-refractivity contribution in [3.05, 3.63) is 35.9 Å². The minimum atomic E-state index is -0.588. The van der Waals surface area contributed by atoms with Gasteiger partial charge in [0.25, 0.3) is 0 Å². The fourth-order valence-corrected chi connectivity index (χ4v) is 1.18. The van der Waals surface area contributed by atoms with Crippen molar-refractivity contribution in [3.63, 3.8) is 0 Å². The monoisotopic (exact) mass is 189 g/mol. The van der Waals surface area contributed by atoms with Gasteiger partial charge in [0, 0.05) is 6.42 Å². The molecule has 0 aliphatic carbocycles. The molecule has 0 aliphatic heterocycles. The summed E-state index contributed by atoms with van der Waals surface area (Å²) in [5, 5.41) is 0. The quantitative estimate of drug-likeness (QED) is 0.532. The molecule has 3 nitrogen and oxygen atoms in total. The lowest BCUT2D eigenvalue weighted by Gasteiger charge is -2.05. The minimum Gasteiger partial charge on any atom is -0.298 e. The molecule has 1 aromatic carbocycles. The molecule has 0 aliphatic rings. The number of hydrogen-bond donors (Lipinski definition) is 0. The van der Waals surface area contributed by atoms with Gasteiger partial charge in [-0.1, -0.05) is 30.3 Å². The van der Waals surface area contributed by atoms with Crippen molar-refractivity contribution in [1.82, 2.24) is 0 Å². The van der Waals surface area contributed by atoms with Gasteiger partial charge in [-0.25, -0.2) is 4.79 Å². The van der Waals surface area contributed by atoms with Gasteiger partial charge in [0.05, 0.1) is 0 Å². The Kier molecular flexibility index (Phi) is 3.77. The molecule has 14 heavy (non-hydrogen) atoms. The molecular formula is C11H11NO2. The second kappa shape index (κ2) is 5.10. The van der Waals surface area contributed by atoms with Crippen molar-refractivity contribution in [3.8, 4) is 0 Å². The van der Waals surface area contributed by atoms with Crippen LogP contribution < -0.4 is 0 Å². The molecule has 3 heteroatoms. The van der Waals surface area contributed by atoms with E-state index in [1.807, 2.05) is 30.3 Å². The summed E-state index contributed by atoms with van der Waals surface area (Å²) in [6.45, 7) is 1.43. The van der Waals surface area contributed by atoms with Crippen LogP contribution in [0.25, 0.3) is 0 Å². The zero-order valence-electron chi connectivity index (χ0n) is 7.93. The second-order valence-electron chi connectivity index (χ2n) is 3.04. The van der Waals surface area contributed by atoms with Crippen molar-refractivity contribution in [2.24, 2.45) is 4.99 Å². The van der Waals surface area contributed by atoms with Crippen molar-refractivity contribution in [2.45, 2.75) is 19.4 Å². The average Bonchev–Trinajstić information content (AvgIpc) is 2.18. The molecule has 0 saturated heterocycles. The Hall–Kier alpha value is -1.73. The molecule has 0 spiro atoms. The zero-order valence-corrected chi connectivity index (χ0v) is 7.93. The number of hydrogen-bond acceptors (Lipinski definition) is 3. The molecule has 1 atom stereocenters. The molecule has 0 saturated carbocycles. The summed E-state index contributed by atoms with van der Waals surface area (Å²) in [4.78, 5) is 24.6. The molecule has 1 unspecified atom stereocenters. The Balaban J connectivity index is 2.75. The maximum Gasteiger partial charge on any atom is 0.235 e. The van der Waals surface area contributed by atoms with Crippen LogP contribution in [0.15, 0.2) is 35.3 Å². The maximum atomic E-state index is 11.1. The fraction of sp³-hybridized carbons (Fsp3) is 0.273. The van der Waals surface area contributed by atoms with E-state index in [9.17, 15) is 9.59 Å². The molecule has 0 N–H and O–H groups in total. The number of isocyanates is 1. The Morgan fingerprint density at radius 2 is 2.07 bits per heavy atom. The topological polar surface area (TPSA) is 46.5 Å². The third-order valence-corrected chi connectivity index (χ3v) is 1.95. The number of Topliss-reactive ketones (excluding diaryl/α,β-unsaturated/α-hetero) is 1. The van der Waals surface area contributed by atoms with Crippen LogP contribution in [0.4, 0.5) is 0 Å². The molecule has 0 heterocycles. The van der Waals surface area contributed by atoms with E-state index >= 15 is 0 Å². The van der Waals surface area contributed by atoms with Gasteiger partial charge in [0.2, 0.25) is 6.08 Å². The average molecular weight is 189 g/mol. The number of carbonyl (C=O) groups is 1. The number of nitrogens with zero attached hydrogens (tertiary/aromatic N) is 1. The number of carbonyl (C=O) groups excluding carboxylic acids is 2. The van der Waals surface area contributed by atoms with Gasteiger partial charge in [-0.2, -0.15) is 4.99 Å². The van der Waals surface area contributed by atoms with E-state index in [1.54, 1.807) is 0 Å². The SMILES string of the molecule is CC(=O)C(Cc1ccccc1)N=C=O. The standard InChI is InChI=1S/C11H11NO2/c1-9(14)11(12-8-13)7-10-5-3-2-4-6-10/h2-6,11H,7H2,1H3. The number of benzene rings is 1. The summed E-state index contributed by atoms with van der Waals surface area (Å²) in [5.41, 5.74) is 0.992. The van der Waals surface area contributed by atoms with Crippen molar-refractivity contribution in [2.75, 3.05) is 0 Å². The Labute approximate surface area is 82.5 Å². The first-order valence-corrected chi connectivity index (χ1v) is 4.35. The predicted molar refractivity (Wildman–Crippen MR) is 52.7 cm³/mol. The number of ketones is 1. The van der Waals surface area contributed by atoms with E-state index in [0.717, 1.165) is 5.56 Å². The van der Waals surface area contributed by atoms with Gasteiger partial charge >= 0.3 is 0 Å². The van der Waals surface area contributed by atoms with E-state index in [0.29, 0.717) is 6.42 Å². The Morgan fingerprint density at radius 1 is 1.43 bits per heavy atom. The van der Waals surface area contributed by atoms with Crippen LogP contribution in [0.5, 0.6) is 0 Å². The lowest BCUT2D eigenvalue weighted by atomic mass is 10.0. The molecule has 0 aromatic heterocycles. The zero-order chi connectivity index (χ0) is 10.4. The van der Waals surface area contributed by atoms with Crippen LogP contribution >= 0.6 is 0 Å². The highest BCUT2D eigenvalue weighted by Crippen LogP contribution is 2.06. The predicted octanol–water partition coefficient (Wildman–Crippen LogP) is 1.52. The molecule has 0 bridgehead atoms. The summed E-state index contributed by atoms with van der Waals surface area (Å²) in [6.07, 6.45) is 1.89. The molecule has 72 valence electrons. The molecule has 0 radical (unpaired) electrons. The van der Waals surface area contributed by atoms with Crippen molar-refractivity contribution in [1.29, 1.82) is 0 Å². The molecule has 0 amide bonds. The third-order valence-electron chi connectivity index (χ3n) is 1.95. The van der Waals surface area contributed by atoms with Gasteiger partial charge in [0.1, 0.15) is 6.04 Å². The van der Waals surface area contributed by atoms with Gasteiger partial charge in [0.15, 0.2) is 5.78 Å². The minimum absolute atomic E-state index is 0.114. The summed E-state index contributed by atoms with van der Waals surface area (Å²) >= 11 is 0. The van der Waals surface area contributed by atoms with Gasteiger partial charge in [-0.3, -0.25) is 4.79 Å². The van der Waals surface area contributed by atoms with E-state index in [1.165, 1.54) is 13.0 Å². The fourth-order valence-electron chi connectivity index (χ4n) is 1.18. The Morgan fingerprint density at radius 3 is 2.57 bits per heavy atom. The van der Waals surface area contributed by atoms with E-state index in [4.69, 9.17) is 0 Å². The summed E-state index contributed by atoms with van der Waals surface area (Å²) in [5.74, 6) is -0.114. The van der Waals surface area contributed by atoms with Crippen LogP contribution in [-0.4, -0.2) is 17.9 Å². The highest BCUT2D eigenvalue weighted by atomic mass is 16.1. The lowest BCUT2D eigenvalue weighted by molar-refractivity contribution is -0.118. The highest BCUT2D eigenvalue weighted by molar-refractivity contribution is 5.82. The highest BCUT2D eigenvalue weighted by Gasteiger charge is 2.12. The van der Waals surface area contributed by atoms with Crippen molar-refractivity contribution >= 4 is 11.9 Å². The van der Waals surface area contributed by atoms with E-state index < -0.39 is 6.04 Å². The van der Waals surface area contributed by atoms with Crippen LogP contribution in [0, 0.1) is 0 Å². The molecule has 0 fully saturated rings. The number of rotatable bonds is 4. The van der Waals surface area contributed by atoms with Gasteiger partial charge < -0.3 is 0 Å². The van der Waals surface area contributed by atoms with Crippen molar-refractivity contribution < 1.29 is 9.59 Å². The van der Waals surface area contributed by atoms with E-state index in [2.05, 4.69) is 4.99 Å². The summed E-state index contributed by atoms with van der Waals surface area (Å²) in [7, 11) is 0. The van der Waals surface area contributed by atoms with Crippen LogP contribution in [0.1, 0.15) is 12.5 Å². The van der Waals surface area contributed by atoms with Gasteiger partial charge in [-0.15, -0.1) is 0 Å². The van der Waals surface area contributed by atoms with Gasteiger partial charge in [-0.05, 0) is 12.5 Å². The first-order chi connectivity index (χ1) is 6.74. The van der Waals surface area contributed by atoms with Crippen LogP contribution in [-0.2, 0) is 16.0 Å². The number of aliphatic imine (C=N–C) groups is 1. The Bertz CT molecular complexity index is 351. The van der Waals surface area contributed by atoms with Crippen LogP contribution in [0.3, 0.4) is 0 Å². The maximum absolute atomic E-state index is 11.1. The molecule has 1 aromatic rings. The van der Waals surface area contributed by atoms with E-state index in [-0.39, 0.29) is 5.78 Å². The normalized spacial score (nSPS) is 11.5. The van der Waals surface area contributed by atoms with Crippen LogP contribution in [0.2, 0.25) is 0 Å². The first-order valence-electron chi connectivity index (χ1n) is 4.35. The molecular weight excluding hydrogens is 178 g/mol. The largest absolute Gasteiger partial charge is 0.298 e. The first kappa shape index (κ1) is 10.4. The molecule has 1 rings (SSSR count). The second-order valence-corrected chi connectivity index (χ2v) is 3.04. The third kappa shape index (κ3) is 2.96. The smallest absolute Gasteiger partial charge is 0.235 e.